The van der Waals surface area contributed by atoms with Crippen molar-refractivity contribution in [2.45, 2.75) is 19.4 Å². The predicted octanol–water partition coefficient (Wildman–Crippen LogP) is 5.81. The summed E-state index contributed by atoms with van der Waals surface area (Å²) in [5.74, 6) is 0. The normalized spacial score (nSPS) is 12.3. The van der Waals surface area contributed by atoms with Gasteiger partial charge < -0.3 is 4.74 Å². The van der Waals surface area contributed by atoms with Crippen molar-refractivity contribution in [3.8, 4) is 0 Å². The number of rotatable bonds is 6. The highest BCUT2D eigenvalue weighted by Crippen LogP contribution is 2.35. The van der Waals surface area contributed by atoms with Gasteiger partial charge in [0, 0.05) is 10.0 Å². The number of halogens is 1. The van der Waals surface area contributed by atoms with Crippen LogP contribution in [0.4, 0.5) is 0 Å². The van der Waals surface area contributed by atoms with Crippen molar-refractivity contribution < 1.29 is 4.74 Å². The van der Waals surface area contributed by atoms with Gasteiger partial charge in [0.15, 0.2) is 0 Å². The zero-order valence-corrected chi connectivity index (χ0v) is 13.3. The molecule has 0 radical (unpaired) electrons. The molecular formula is C18H19BrO. The summed E-state index contributed by atoms with van der Waals surface area (Å²) in [5.41, 5.74) is 2.21. The first kappa shape index (κ1) is 15.0. The van der Waals surface area contributed by atoms with E-state index in [1.54, 1.807) is 0 Å². The van der Waals surface area contributed by atoms with Gasteiger partial charge in [0.05, 0.1) is 12.7 Å². The van der Waals surface area contributed by atoms with Crippen LogP contribution in [0.15, 0.2) is 65.7 Å². The highest BCUT2D eigenvalue weighted by atomic mass is 79.9. The molecule has 0 saturated heterocycles. The quantitative estimate of drug-likeness (QED) is 0.607. The van der Waals surface area contributed by atoms with Crippen molar-refractivity contribution >= 4 is 26.7 Å². The van der Waals surface area contributed by atoms with Crippen molar-refractivity contribution in [1.29, 1.82) is 0 Å². The van der Waals surface area contributed by atoms with Gasteiger partial charge in [-0.3, -0.25) is 0 Å². The minimum absolute atomic E-state index is 0.00956. The van der Waals surface area contributed by atoms with Crippen LogP contribution in [0, 0.1) is 0 Å². The van der Waals surface area contributed by atoms with Crippen molar-refractivity contribution in [1.82, 2.24) is 0 Å². The highest BCUT2D eigenvalue weighted by molar-refractivity contribution is 9.10. The molecule has 0 aliphatic carbocycles. The molecule has 2 heteroatoms. The van der Waals surface area contributed by atoms with Gasteiger partial charge in [-0.25, -0.2) is 0 Å². The molecule has 0 aromatic heterocycles. The molecule has 0 aliphatic heterocycles. The SMILES string of the molecule is C=CCC(OCC(=C)C)c1c(Br)ccc2ccccc12. The minimum atomic E-state index is -0.00956. The molecule has 1 atom stereocenters. The highest BCUT2D eigenvalue weighted by Gasteiger charge is 2.17. The molecule has 2 aromatic rings. The molecule has 0 bridgehead atoms. The predicted molar refractivity (Wildman–Crippen MR) is 90.0 cm³/mol. The van der Waals surface area contributed by atoms with E-state index in [0.29, 0.717) is 6.61 Å². The van der Waals surface area contributed by atoms with Crippen LogP contribution < -0.4 is 0 Å². The summed E-state index contributed by atoms with van der Waals surface area (Å²) in [4.78, 5) is 0. The lowest BCUT2D eigenvalue weighted by Crippen LogP contribution is -2.07. The van der Waals surface area contributed by atoms with Crippen LogP contribution in [-0.4, -0.2) is 6.61 Å². The number of hydrogen-bond acceptors (Lipinski definition) is 1. The maximum atomic E-state index is 6.02. The zero-order valence-electron chi connectivity index (χ0n) is 11.7. The third-order valence-corrected chi connectivity index (χ3v) is 3.84. The fourth-order valence-electron chi connectivity index (χ4n) is 2.26. The van der Waals surface area contributed by atoms with E-state index in [0.717, 1.165) is 16.5 Å². The molecule has 1 unspecified atom stereocenters. The number of hydrogen-bond donors (Lipinski definition) is 0. The topological polar surface area (TPSA) is 9.23 Å². The Bertz CT molecular complexity index is 630. The smallest absolute Gasteiger partial charge is 0.0880 e. The Hall–Kier alpha value is -1.38. The summed E-state index contributed by atoms with van der Waals surface area (Å²) >= 11 is 3.66. The van der Waals surface area contributed by atoms with Crippen LogP contribution in [0.1, 0.15) is 25.0 Å². The van der Waals surface area contributed by atoms with Crippen LogP contribution in [0.5, 0.6) is 0 Å². The van der Waals surface area contributed by atoms with Crippen LogP contribution in [0.25, 0.3) is 10.8 Å². The summed E-state index contributed by atoms with van der Waals surface area (Å²) < 4.78 is 7.09. The van der Waals surface area contributed by atoms with Crippen molar-refractivity contribution in [3.63, 3.8) is 0 Å². The summed E-state index contributed by atoms with van der Waals surface area (Å²) in [6.45, 7) is 10.3. The Morgan fingerprint density at radius 3 is 2.75 bits per heavy atom. The molecule has 0 amide bonds. The van der Waals surface area contributed by atoms with Gasteiger partial charge >= 0.3 is 0 Å². The Labute approximate surface area is 129 Å². The fourth-order valence-corrected chi connectivity index (χ4v) is 2.86. The lowest BCUT2D eigenvalue weighted by atomic mass is 9.98. The molecule has 20 heavy (non-hydrogen) atoms. The van der Waals surface area contributed by atoms with E-state index in [4.69, 9.17) is 4.74 Å². The van der Waals surface area contributed by atoms with Gasteiger partial charge in [0.25, 0.3) is 0 Å². The average molecular weight is 331 g/mol. The third kappa shape index (κ3) is 3.38. The molecule has 0 spiro atoms. The fraction of sp³-hybridized carbons (Fsp3) is 0.222. The molecule has 0 N–H and O–H groups in total. The van der Waals surface area contributed by atoms with Crippen LogP contribution in [-0.2, 0) is 4.74 Å². The van der Waals surface area contributed by atoms with E-state index in [-0.39, 0.29) is 6.10 Å². The van der Waals surface area contributed by atoms with E-state index < -0.39 is 0 Å². The molecule has 0 heterocycles. The van der Waals surface area contributed by atoms with Crippen molar-refractivity contribution in [3.05, 3.63) is 71.2 Å². The summed E-state index contributed by atoms with van der Waals surface area (Å²) in [7, 11) is 0. The van der Waals surface area contributed by atoms with Crippen molar-refractivity contribution in [2.75, 3.05) is 6.61 Å². The van der Waals surface area contributed by atoms with Crippen LogP contribution >= 0.6 is 15.9 Å². The number of ether oxygens (including phenoxy) is 1. The number of benzene rings is 2. The van der Waals surface area contributed by atoms with Gasteiger partial charge in [-0.1, -0.05) is 64.5 Å². The van der Waals surface area contributed by atoms with Gasteiger partial charge in [-0.15, -0.1) is 6.58 Å². The summed E-state index contributed by atoms with van der Waals surface area (Å²) in [6.07, 6.45) is 2.67. The second-order valence-corrected chi connectivity index (χ2v) is 5.82. The molecule has 1 nitrogen and oxygen atoms in total. The second kappa shape index (κ2) is 6.87. The Morgan fingerprint density at radius 1 is 1.30 bits per heavy atom. The lowest BCUT2D eigenvalue weighted by molar-refractivity contribution is 0.0725. The summed E-state index contributed by atoms with van der Waals surface area (Å²) in [5, 5.41) is 2.44. The maximum Gasteiger partial charge on any atom is 0.0880 e. The van der Waals surface area contributed by atoms with E-state index in [1.165, 1.54) is 16.3 Å². The van der Waals surface area contributed by atoms with E-state index >= 15 is 0 Å². The Morgan fingerprint density at radius 2 is 2.05 bits per heavy atom. The third-order valence-electron chi connectivity index (χ3n) is 3.15. The zero-order chi connectivity index (χ0) is 14.5. The van der Waals surface area contributed by atoms with Crippen LogP contribution in [0.2, 0.25) is 0 Å². The maximum absolute atomic E-state index is 6.02. The molecule has 2 rings (SSSR count). The molecule has 2 aromatic carbocycles. The largest absolute Gasteiger partial charge is 0.369 e. The first-order valence-corrected chi connectivity index (χ1v) is 7.46. The monoisotopic (exact) mass is 330 g/mol. The van der Waals surface area contributed by atoms with Gasteiger partial charge in [-0.05, 0) is 30.2 Å². The van der Waals surface area contributed by atoms with Crippen molar-refractivity contribution in [2.24, 2.45) is 0 Å². The van der Waals surface area contributed by atoms with E-state index in [2.05, 4.69) is 65.5 Å². The standard InChI is InChI=1S/C18H19BrO/c1-4-7-17(20-12-13(2)3)18-15-9-6-5-8-14(15)10-11-16(18)19/h4-6,8-11,17H,1-2,7,12H2,3H3. The molecule has 0 saturated carbocycles. The molecule has 104 valence electrons. The van der Waals surface area contributed by atoms with Crippen LogP contribution in [0.3, 0.4) is 0 Å². The van der Waals surface area contributed by atoms with Gasteiger partial charge in [0.1, 0.15) is 0 Å². The van der Waals surface area contributed by atoms with E-state index in [1.807, 2.05) is 13.0 Å². The first-order valence-electron chi connectivity index (χ1n) is 6.67. The van der Waals surface area contributed by atoms with Gasteiger partial charge in [0.2, 0.25) is 0 Å². The average Bonchev–Trinajstić information content (AvgIpc) is 2.44. The molecule has 0 aliphatic rings. The van der Waals surface area contributed by atoms with E-state index in [9.17, 15) is 0 Å². The molecular weight excluding hydrogens is 312 g/mol. The van der Waals surface area contributed by atoms with Gasteiger partial charge in [-0.2, -0.15) is 0 Å². The Balaban J connectivity index is 2.48. The minimum Gasteiger partial charge on any atom is -0.369 e. The first-order chi connectivity index (χ1) is 9.63. The number of fused-ring (bicyclic) bond motifs is 1. The molecule has 0 fully saturated rings. The summed E-state index contributed by atoms with van der Waals surface area (Å²) in [6, 6.07) is 12.6. The Kier molecular flexibility index (Phi) is 5.16. The second-order valence-electron chi connectivity index (χ2n) is 4.96. The lowest BCUT2D eigenvalue weighted by Gasteiger charge is -2.20.